The van der Waals surface area contributed by atoms with E-state index in [4.69, 9.17) is 4.74 Å². The van der Waals surface area contributed by atoms with Crippen molar-refractivity contribution >= 4 is 46.3 Å². The van der Waals surface area contributed by atoms with E-state index in [1.165, 1.54) is 18.2 Å². The van der Waals surface area contributed by atoms with Crippen LogP contribution in [0.2, 0.25) is 0 Å². The smallest absolute Gasteiger partial charge is 0.293 e. The number of anilines is 1. The molecule has 1 aliphatic heterocycles. The topological polar surface area (TPSA) is 119 Å². The number of benzene rings is 3. The number of carbonyl (C=O) groups excluding carboxylic acids is 3. The van der Waals surface area contributed by atoms with E-state index in [1.807, 2.05) is 25.1 Å². The molecule has 0 spiro atoms. The van der Waals surface area contributed by atoms with Crippen LogP contribution < -0.4 is 10.1 Å². The van der Waals surface area contributed by atoms with E-state index < -0.39 is 16.1 Å². The zero-order valence-electron chi connectivity index (χ0n) is 19.2. The van der Waals surface area contributed by atoms with E-state index in [9.17, 15) is 24.5 Å². The minimum Gasteiger partial charge on any atom is -0.484 e. The maximum Gasteiger partial charge on any atom is 0.293 e. The summed E-state index contributed by atoms with van der Waals surface area (Å²) in [6, 6.07) is 20.2. The van der Waals surface area contributed by atoms with E-state index >= 15 is 0 Å². The van der Waals surface area contributed by atoms with Crippen LogP contribution in [0.3, 0.4) is 0 Å². The summed E-state index contributed by atoms with van der Waals surface area (Å²) in [7, 11) is 0. The van der Waals surface area contributed by atoms with Gasteiger partial charge >= 0.3 is 0 Å². The SMILES string of the molecule is Cc1ccccc1NC(=O)COc1cccc(/C=C2\SC(=O)N(Cc3ccccc3[N+](=O)[O-])C2=O)c1. The Morgan fingerprint density at radius 3 is 2.61 bits per heavy atom. The Kier molecular flexibility index (Phi) is 7.45. The van der Waals surface area contributed by atoms with Crippen LogP contribution in [0.1, 0.15) is 16.7 Å². The van der Waals surface area contributed by atoms with Crippen molar-refractivity contribution in [3.8, 4) is 5.75 Å². The molecule has 3 aromatic carbocycles. The lowest BCUT2D eigenvalue weighted by Gasteiger charge is -2.12. The van der Waals surface area contributed by atoms with E-state index in [-0.39, 0.29) is 35.2 Å². The van der Waals surface area contributed by atoms with Gasteiger partial charge in [0.25, 0.3) is 22.7 Å². The summed E-state index contributed by atoms with van der Waals surface area (Å²) in [4.78, 5) is 49.5. The largest absolute Gasteiger partial charge is 0.484 e. The standard InChI is InChI=1S/C26H21N3O6S/c1-17-7-2-4-11-21(17)27-24(30)16-35-20-10-6-8-18(13-20)14-23-25(31)28(26(32)36-23)15-19-9-3-5-12-22(19)29(33)34/h2-14H,15-16H2,1H3,(H,27,30)/b23-14-. The van der Waals surface area contributed by atoms with Gasteiger partial charge in [-0.05, 0) is 54.1 Å². The molecule has 0 atom stereocenters. The first-order valence-corrected chi connectivity index (χ1v) is 11.7. The minimum absolute atomic E-state index is 0.156. The van der Waals surface area contributed by atoms with E-state index in [1.54, 1.807) is 42.5 Å². The minimum atomic E-state index is -0.545. The molecule has 4 rings (SSSR count). The molecule has 1 fully saturated rings. The lowest BCUT2D eigenvalue weighted by molar-refractivity contribution is -0.385. The number of imide groups is 1. The van der Waals surface area contributed by atoms with Gasteiger partial charge in [-0.3, -0.25) is 29.4 Å². The number of amides is 3. The lowest BCUT2D eigenvalue weighted by atomic mass is 10.1. The number of nitro benzene ring substituents is 1. The van der Waals surface area contributed by atoms with Crippen LogP contribution in [0.5, 0.6) is 5.75 Å². The fourth-order valence-corrected chi connectivity index (χ4v) is 4.36. The molecule has 0 aliphatic carbocycles. The van der Waals surface area contributed by atoms with Gasteiger partial charge in [0.2, 0.25) is 0 Å². The molecule has 182 valence electrons. The molecule has 1 N–H and O–H groups in total. The monoisotopic (exact) mass is 503 g/mol. The van der Waals surface area contributed by atoms with Crippen LogP contribution in [0.15, 0.2) is 77.7 Å². The van der Waals surface area contributed by atoms with E-state index in [0.29, 0.717) is 17.0 Å². The third-order valence-corrected chi connectivity index (χ3v) is 6.24. The third kappa shape index (κ3) is 5.78. The number of rotatable bonds is 8. The van der Waals surface area contributed by atoms with Crippen LogP contribution in [0.4, 0.5) is 16.2 Å². The second-order valence-corrected chi connectivity index (χ2v) is 8.87. The van der Waals surface area contributed by atoms with Crippen molar-refractivity contribution in [2.75, 3.05) is 11.9 Å². The molecule has 0 bridgehead atoms. The maximum absolute atomic E-state index is 12.9. The summed E-state index contributed by atoms with van der Waals surface area (Å²) in [5, 5.41) is 13.5. The van der Waals surface area contributed by atoms with Crippen LogP contribution in [0.25, 0.3) is 6.08 Å². The molecule has 1 saturated heterocycles. The molecular weight excluding hydrogens is 482 g/mol. The molecule has 36 heavy (non-hydrogen) atoms. The molecule has 0 aromatic heterocycles. The van der Waals surface area contributed by atoms with E-state index in [2.05, 4.69) is 5.32 Å². The van der Waals surface area contributed by atoms with Crippen LogP contribution in [-0.2, 0) is 16.1 Å². The molecule has 0 radical (unpaired) electrons. The van der Waals surface area contributed by atoms with Gasteiger partial charge in [0.05, 0.1) is 16.4 Å². The number of hydrogen-bond donors (Lipinski definition) is 1. The van der Waals surface area contributed by atoms with Crippen molar-refractivity contribution in [3.63, 3.8) is 0 Å². The molecule has 10 heteroatoms. The first-order valence-electron chi connectivity index (χ1n) is 10.9. The number of thioether (sulfide) groups is 1. The van der Waals surface area contributed by atoms with Crippen molar-refractivity contribution in [3.05, 3.63) is 105 Å². The maximum atomic E-state index is 12.9. The van der Waals surface area contributed by atoms with Crippen LogP contribution >= 0.6 is 11.8 Å². The molecule has 1 aliphatic rings. The Balaban J connectivity index is 1.42. The van der Waals surface area contributed by atoms with Gasteiger partial charge in [-0.1, -0.05) is 48.5 Å². The zero-order valence-corrected chi connectivity index (χ0v) is 20.0. The Labute approximate surface area is 210 Å². The molecule has 3 amide bonds. The third-order valence-electron chi connectivity index (χ3n) is 5.34. The average molecular weight is 504 g/mol. The van der Waals surface area contributed by atoms with Crippen molar-refractivity contribution < 1.29 is 24.0 Å². The Morgan fingerprint density at radius 1 is 1.08 bits per heavy atom. The van der Waals surface area contributed by atoms with Crippen LogP contribution in [-0.4, -0.2) is 33.5 Å². The number of nitrogens with one attached hydrogen (secondary N) is 1. The zero-order chi connectivity index (χ0) is 25.7. The first kappa shape index (κ1) is 24.7. The predicted molar refractivity (Wildman–Crippen MR) is 136 cm³/mol. The second-order valence-electron chi connectivity index (χ2n) is 7.88. The van der Waals surface area contributed by atoms with Gasteiger partial charge in [0, 0.05) is 17.3 Å². The number of ether oxygens (including phenoxy) is 1. The fraction of sp³-hybridized carbons (Fsp3) is 0.115. The fourth-order valence-electron chi connectivity index (χ4n) is 3.52. The summed E-state index contributed by atoms with van der Waals surface area (Å²) < 4.78 is 5.59. The molecule has 0 saturated carbocycles. The number of hydrogen-bond acceptors (Lipinski definition) is 7. The summed E-state index contributed by atoms with van der Waals surface area (Å²) >= 11 is 0.761. The van der Waals surface area contributed by atoms with Gasteiger partial charge in [0.15, 0.2) is 6.61 Å². The highest BCUT2D eigenvalue weighted by molar-refractivity contribution is 8.18. The number of nitrogens with zero attached hydrogens (tertiary/aromatic N) is 2. The van der Waals surface area contributed by atoms with Crippen molar-refractivity contribution in [2.24, 2.45) is 0 Å². The summed E-state index contributed by atoms with van der Waals surface area (Å²) in [6.45, 7) is 1.49. The Hall–Kier alpha value is -4.44. The predicted octanol–water partition coefficient (Wildman–Crippen LogP) is 5.16. The Bertz CT molecular complexity index is 1390. The highest BCUT2D eigenvalue weighted by atomic mass is 32.2. The highest BCUT2D eigenvalue weighted by Gasteiger charge is 2.36. The normalized spacial score (nSPS) is 14.2. The Morgan fingerprint density at radius 2 is 1.83 bits per heavy atom. The average Bonchev–Trinajstić information content (AvgIpc) is 3.12. The number of para-hydroxylation sites is 2. The highest BCUT2D eigenvalue weighted by Crippen LogP contribution is 2.34. The van der Waals surface area contributed by atoms with Gasteiger partial charge in [0.1, 0.15) is 5.75 Å². The van der Waals surface area contributed by atoms with Gasteiger partial charge in [-0.25, -0.2) is 0 Å². The molecule has 3 aromatic rings. The van der Waals surface area contributed by atoms with Gasteiger partial charge in [-0.2, -0.15) is 0 Å². The number of nitro groups is 1. The summed E-state index contributed by atoms with van der Waals surface area (Å²) in [5.74, 6) is -0.430. The number of carbonyl (C=O) groups is 3. The second kappa shape index (κ2) is 10.9. The van der Waals surface area contributed by atoms with E-state index in [0.717, 1.165) is 22.2 Å². The molecule has 1 heterocycles. The quantitative estimate of drug-likeness (QED) is 0.256. The molecular formula is C26H21N3O6S. The van der Waals surface area contributed by atoms with Crippen LogP contribution in [0, 0.1) is 17.0 Å². The summed E-state index contributed by atoms with van der Waals surface area (Å²) in [5.41, 5.74) is 2.35. The van der Waals surface area contributed by atoms with Crippen molar-refractivity contribution in [1.82, 2.24) is 4.90 Å². The molecule has 0 unspecified atom stereocenters. The molecule has 9 nitrogen and oxygen atoms in total. The van der Waals surface area contributed by atoms with Crippen molar-refractivity contribution in [1.29, 1.82) is 0 Å². The number of aryl methyl sites for hydroxylation is 1. The first-order chi connectivity index (χ1) is 17.3. The van der Waals surface area contributed by atoms with Gasteiger partial charge < -0.3 is 10.1 Å². The summed E-state index contributed by atoms with van der Waals surface area (Å²) in [6.07, 6.45) is 1.55. The van der Waals surface area contributed by atoms with Crippen molar-refractivity contribution in [2.45, 2.75) is 13.5 Å². The lowest BCUT2D eigenvalue weighted by Crippen LogP contribution is -2.27. The van der Waals surface area contributed by atoms with Gasteiger partial charge in [-0.15, -0.1) is 0 Å².